The van der Waals surface area contributed by atoms with Crippen molar-refractivity contribution in [1.82, 2.24) is 20.2 Å². The number of aromatic nitrogens is 4. The maximum atomic E-state index is 13.0. The molecule has 1 atom stereocenters. The molecule has 0 spiro atoms. The van der Waals surface area contributed by atoms with Crippen molar-refractivity contribution in [3.05, 3.63) is 65.5 Å². The van der Waals surface area contributed by atoms with Gasteiger partial charge in [-0.3, -0.25) is 4.79 Å². The molecule has 5 nitrogen and oxygen atoms in total. The number of hydrogen-bond acceptors (Lipinski definition) is 5. The summed E-state index contributed by atoms with van der Waals surface area (Å²) in [6.07, 6.45) is 0.663. The third kappa shape index (κ3) is 2.53. The van der Waals surface area contributed by atoms with Crippen molar-refractivity contribution in [3.8, 4) is 5.69 Å². The maximum Gasteiger partial charge on any atom is 0.214 e. The highest BCUT2D eigenvalue weighted by atomic mass is 32.2. The molecule has 0 N–H and O–H groups in total. The van der Waals surface area contributed by atoms with Gasteiger partial charge >= 0.3 is 0 Å². The largest absolute Gasteiger partial charge is 0.293 e. The van der Waals surface area contributed by atoms with Gasteiger partial charge in [0.25, 0.3) is 0 Å². The van der Waals surface area contributed by atoms with Gasteiger partial charge < -0.3 is 0 Å². The molecule has 23 heavy (non-hydrogen) atoms. The Labute approximate surface area is 135 Å². The lowest BCUT2D eigenvalue weighted by atomic mass is 10.1. The first-order chi connectivity index (χ1) is 11.2. The molecule has 2 aromatic carbocycles. The molecule has 0 radical (unpaired) electrons. The first-order valence-corrected chi connectivity index (χ1v) is 7.93. The van der Waals surface area contributed by atoms with Crippen molar-refractivity contribution in [2.45, 2.75) is 16.8 Å². The Morgan fingerprint density at radius 3 is 2.70 bits per heavy atom. The molecule has 0 saturated heterocycles. The lowest BCUT2D eigenvalue weighted by Gasteiger charge is -2.08. The predicted molar refractivity (Wildman–Crippen MR) is 83.2 cm³/mol. The number of tetrazole rings is 1. The summed E-state index contributed by atoms with van der Waals surface area (Å²) in [7, 11) is 0. The van der Waals surface area contributed by atoms with E-state index in [1.54, 1.807) is 12.1 Å². The van der Waals surface area contributed by atoms with Gasteiger partial charge in [-0.25, -0.2) is 4.39 Å². The zero-order valence-electron chi connectivity index (χ0n) is 11.9. The van der Waals surface area contributed by atoms with E-state index in [4.69, 9.17) is 0 Å². The van der Waals surface area contributed by atoms with E-state index in [0.717, 1.165) is 11.1 Å². The third-order valence-corrected chi connectivity index (χ3v) is 4.87. The van der Waals surface area contributed by atoms with Crippen molar-refractivity contribution in [2.75, 3.05) is 0 Å². The van der Waals surface area contributed by atoms with E-state index in [9.17, 15) is 9.18 Å². The quantitative estimate of drug-likeness (QED) is 0.740. The number of ketones is 1. The van der Waals surface area contributed by atoms with E-state index in [1.807, 2.05) is 24.3 Å². The fourth-order valence-electron chi connectivity index (χ4n) is 2.62. The minimum Gasteiger partial charge on any atom is -0.293 e. The monoisotopic (exact) mass is 326 g/mol. The zero-order valence-corrected chi connectivity index (χ0v) is 12.7. The van der Waals surface area contributed by atoms with Gasteiger partial charge in [0, 0.05) is 5.56 Å². The van der Waals surface area contributed by atoms with Crippen LogP contribution < -0.4 is 0 Å². The highest BCUT2D eigenvalue weighted by molar-refractivity contribution is 8.00. The van der Waals surface area contributed by atoms with E-state index in [1.165, 1.54) is 28.6 Å². The summed E-state index contributed by atoms with van der Waals surface area (Å²) in [6.45, 7) is 0. The molecule has 1 aliphatic rings. The summed E-state index contributed by atoms with van der Waals surface area (Å²) >= 11 is 1.33. The van der Waals surface area contributed by atoms with Gasteiger partial charge in [0.15, 0.2) is 5.78 Å². The summed E-state index contributed by atoms with van der Waals surface area (Å²) in [5, 5.41) is 11.9. The van der Waals surface area contributed by atoms with Crippen LogP contribution in [0.1, 0.15) is 15.9 Å². The SMILES string of the molecule is O=C1c2ccccc2C[C@@H]1Sc1nnnn1-c1ccc(F)cc1. The average molecular weight is 326 g/mol. The van der Waals surface area contributed by atoms with Crippen LogP contribution in [-0.2, 0) is 6.42 Å². The highest BCUT2D eigenvalue weighted by Gasteiger charge is 2.32. The molecule has 114 valence electrons. The number of halogens is 1. The average Bonchev–Trinajstić information content (AvgIpc) is 3.15. The van der Waals surface area contributed by atoms with Crippen molar-refractivity contribution < 1.29 is 9.18 Å². The van der Waals surface area contributed by atoms with Crippen LogP contribution in [0.3, 0.4) is 0 Å². The second kappa shape index (κ2) is 5.58. The van der Waals surface area contributed by atoms with Crippen LogP contribution in [0.25, 0.3) is 5.69 Å². The second-order valence-electron chi connectivity index (χ2n) is 5.18. The van der Waals surface area contributed by atoms with Crippen LogP contribution in [0.5, 0.6) is 0 Å². The molecule has 1 aromatic heterocycles. The van der Waals surface area contributed by atoms with Gasteiger partial charge in [0.2, 0.25) is 5.16 Å². The van der Waals surface area contributed by atoms with Gasteiger partial charge in [0.05, 0.1) is 10.9 Å². The van der Waals surface area contributed by atoms with Crippen molar-refractivity contribution >= 4 is 17.5 Å². The van der Waals surface area contributed by atoms with Crippen LogP contribution in [-0.4, -0.2) is 31.2 Å². The number of carbonyl (C=O) groups excluding carboxylic acids is 1. The van der Waals surface area contributed by atoms with Crippen molar-refractivity contribution in [1.29, 1.82) is 0 Å². The van der Waals surface area contributed by atoms with Crippen LogP contribution >= 0.6 is 11.8 Å². The molecular formula is C16H11FN4OS. The Kier molecular flexibility index (Phi) is 3.42. The minimum atomic E-state index is -0.322. The smallest absolute Gasteiger partial charge is 0.214 e. The number of carbonyl (C=O) groups is 1. The number of hydrogen-bond donors (Lipinski definition) is 0. The van der Waals surface area contributed by atoms with Gasteiger partial charge in [-0.15, -0.1) is 5.10 Å². The Morgan fingerprint density at radius 2 is 1.91 bits per heavy atom. The van der Waals surface area contributed by atoms with Gasteiger partial charge in [0.1, 0.15) is 5.82 Å². The highest BCUT2D eigenvalue weighted by Crippen LogP contribution is 2.33. The third-order valence-electron chi connectivity index (χ3n) is 3.74. The maximum absolute atomic E-state index is 13.0. The summed E-state index contributed by atoms with van der Waals surface area (Å²) in [5.41, 5.74) is 2.48. The van der Waals surface area contributed by atoms with Crippen molar-refractivity contribution in [2.24, 2.45) is 0 Å². The zero-order chi connectivity index (χ0) is 15.8. The molecule has 0 bridgehead atoms. The second-order valence-corrected chi connectivity index (χ2v) is 6.35. The summed E-state index contributed by atoms with van der Waals surface area (Å²) < 4.78 is 14.6. The van der Waals surface area contributed by atoms with Crippen LogP contribution in [0.15, 0.2) is 53.7 Å². The fraction of sp³-hybridized carbons (Fsp3) is 0.125. The molecule has 1 aliphatic carbocycles. The molecular weight excluding hydrogens is 315 g/mol. The predicted octanol–water partition coefficient (Wildman–Crippen LogP) is 2.70. The molecule has 0 fully saturated rings. The Bertz CT molecular complexity index is 878. The van der Waals surface area contributed by atoms with Crippen LogP contribution in [0.2, 0.25) is 0 Å². The van der Waals surface area contributed by atoms with E-state index in [0.29, 0.717) is 17.3 Å². The van der Waals surface area contributed by atoms with Crippen LogP contribution in [0.4, 0.5) is 4.39 Å². The normalized spacial score (nSPS) is 16.6. The topological polar surface area (TPSA) is 60.7 Å². The first kappa shape index (κ1) is 14.1. The molecule has 0 unspecified atom stereocenters. The number of fused-ring (bicyclic) bond motifs is 1. The molecule has 4 rings (SSSR count). The number of nitrogens with zero attached hydrogens (tertiary/aromatic N) is 4. The van der Waals surface area contributed by atoms with E-state index < -0.39 is 0 Å². The Balaban J connectivity index is 1.61. The number of Topliss-reactive ketones (excluding diaryl/α,β-unsaturated/α-hetero) is 1. The van der Waals surface area contributed by atoms with E-state index >= 15 is 0 Å². The molecule has 0 amide bonds. The minimum absolute atomic E-state index is 0.0965. The molecule has 7 heteroatoms. The van der Waals surface area contributed by atoms with Gasteiger partial charge in [-0.05, 0) is 46.7 Å². The summed E-state index contributed by atoms with van der Waals surface area (Å²) in [4.78, 5) is 12.5. The summed E-state index contributed by atoms with van der Waals surface area (Å²) in [6, 6.07) is 13.5. The van der Waals surface area contributed by atoms with Crippen molar-refractivity contribution in [3.63, 3.8) is 0 Å². The lowest BCUT2D eigenvalue weighted by molar-refractivity contribution is 0.1000. The Hall–Kier alpha value is -2.54. The lowest BCUT2D eigenvalue weighted by Crippen LogP contribution is -2.13. The molecule has 0 saturated carbocycles. The van der Waals surface area contributed by atoms with Crippen LogP contribution in [0, 0.1) is 5.82 Å². The number of rotatable bonds is 3. The molecule has 1 heterocycles. The molecule has 3 aromatic rings. The Morgan fingerprint density at radius 1 is 1.13 bits per heavy atom. The molecule has 0 aliphatic heterocycles. The standard InChI is InChI=1S/C16H11FN4OS/c17-11-5-7-12(8-6-11)21-16(18-19-20-21)23-14-9-10-3-1-2-4-13(10)15(14)22/h1-8,14H,9H2/t14-/m0/s1. The van der Waals surface area contributed by atoms with E-state index in [-0.39, 0.29) is 16.9 Å². The first-order valence-electron chi connectivity index (χ1n) is 7.05. The van der Waals surface area contributed by atoms with Gasteiger partial charge in [-0.2, -0.15) is 4.68 Å². The summed E-state index contributed by atoms with van der Waals surface area (Å²) in [5.74, 6) is -0.225. The van der Waals surface area contributed by atoms with Gasteiger partial charge in [-0.1, -0.05) is 36.0 Å². The number of benzene rings is 2. The fourth-order valence-corrected chi connectivity index (χ4v) is 3.70. The number of thioether (sulfide) groups is 1. The van der Waals surface area contributed by atoms with E-state index in [2.05, 4.69) is 15.5 Å².